The van der Waals surface area contributed by atoms with Gasteiger partial charge in [-0.1, -0.05) is 23.2 Å². The summed E-state index contributed by atoms with van der Waals surface area (Å²) in [7, 11) is 0. The van der Waals surface area contributed by atoms with Crippen LogP contribution in [0, 0.1) is 0 Å². The second kappa shape index (κ2) is 7.06. The molecule has 1 heterocycles. The van der Waals surface area contributed by atoms with Gasteiger partial charge in [0, 0.05) is 28.1 Å². The van der Waals surface area contributed by atoms with Crippen molar-refractivity contribution in [3.63, 3.8) is 0 Å². The Morgan fingerprint density at radius 3 is 2.48 bits per heavy atom. The van der Waals surface area contributed by atoms with Crippen LogP contribution in [-0.2, 0) is 4.79 Å². The van der Waals surface area contributed by atoms with Crippen molar-refractivity contribution in [3.05, 3.63) is 58.3 Å². The van der Waals surface area contributed by atoms with E-state index in [-0.39, 0.29) is 18.4 Å². The monoisotopic (exact) mass is 323 g/mol. The third-order valence-electron chi connectivity index (χ3n) is 2.48. The molecule has 2 aromatic rings. The molecular weight excluding hydrogens is 313 g/mol. The molecule has 7 heteroatoms. The van der Waals surface area contributed by atoms with Crippen LogP contribution in [0.4, 0.5) is 5.69 Å². The maximum Gasteiger partial charge on any atom is 0.253 e. The first-order valence-corrected chi connectivity index (χ1v) is 6.74. The van der Waals surface area contributed by atoms with Gasteiger partial charge in [-0.15, -0.1) is 0 Å². The Hall–Kier alpha value is -2.11. The summed E-state index contributed by atoms with van der Waals surface area (Å²) >= 11 is 11.7. The molecule has 0 aliphatic carbocycles. The number of nitrogens with one attached hydrogen (secondary N) is 2. The van der Waals surface area contributed by atoms with Gasteiger partial charge in [-0.2, -0.15) is 0 Å². The number of carbonyl (C=O) groups is 2. The highest BCUT2D eigenvalue weighted by Gasteiger charge is 2.08. The zero-order chi connectivity index (χ0) is 15.2. The van der Waals surface area contributed by atoms with Gasteiger partial charge in [0.15, 0.2) is 0 Å². The summed E-state index contributed by atoms with van der Waals surface area (Å²) in [4.78, 5) is 27.3. The number of hydrogen-bond donors (Lipinski definition) is 2. The molecule has 1 aromatic heterocycles. The van der Waals surface area contributed by atoms with E-state index in [1.165, 1.54) is 6.20 Å². The lowest BCUT2D eigenvalue weighted by Gasteiger charge is -2.07. The van der Waals surface area contributed by atoms with Crippen molar-refractivity contribution in [2.24, 2.45) is 0 Å². The van der Waals surface area contributed by atoms with E-state index >= 15 is 0 Å². The Kier molecular flexibility index (Phi) is 5.14. The van der Waals surface area contributed by atoms with E-state index in [0.717, 1.165) is 0 Å². The lowest BCUT2D eigenvalue weighted by molar-refractivity contribution is -0.115. The second-order valence-corrected chi connectivity index (χ2v) is 5.00. The minimum Gasteiger partial charge on any atom is -0.343 e. The summed E-state index contributed by atoms with van der Waals surface area (Å²) in [5.74, 6) is -0.757. The number of nitrogens with zero attached hydrogens (tertiary/aromatic N) is 1. The second-order valence-electron chi connectivity index (χ2n) is 4.13. The number of pyridine rings is 1. The SMILES string of the molecule is O=C(CNC(=O)c1cccnc1)Nc1cc(Cl)cc(Cl)c1. The maximum absolute atomic E-state index is 11.7. The van der Waals surface area contributed by atoms with Gasteiger partial charge in [-0.05, 0) is 30.3 Å². The van der Waals surface area contributed by atoms with Crippen molar-refractivity contribution >= 4 is 40.7 Å². The molecule has 0 aliphatic rings. The maximum atomic E-state index is 11.7. The summed E-state index contributed by atoms with van der Waals surface area (Å²) in [5.41, 5.74) is 0.851. The first kappa shape index (κ1) is 15.3. The van der Waals surface area contributed by atoms with Crippen LogP contribution in [0.15, 0.2) is 42.7 Å². The number of anilines is 1. The molecule has 108 valence electrons. The average Bonchev–Trinajstić information content (AvgIpc) is 2.44. The first-order valence-electron chi connectivity index (χ1n) is 5.99. The van der Waals surface area contributed by atoms with E-state index in [9.17, 15) is 9.59 Å². The molecular formula is C14H11Cl2N3O2. The number of rotatable bonds is 4. The number of halogens is 2. The standard InChI is InChI=1S/C14H11Cl2N3O2/c15-10-4-11(16)6-12(5-10)19-13(20)8-18-14(21)9-2-1-3-17-7-9/h1-7H,8H2,(H,18,21)(H,19,20). The van der Waals surface area contributed by atoms with Crippen molar-refractivity contribution in [2.45, 2.75) is 0 Å². The van der Waals surface area contributed by atoms with E-state index in [4.69, 9.17) is 23.2 Å². The number of benzene rings is 1. The highest BCUT2D eigenvalue weighted by atomic mass is 35.5. The molecule has 0 radical (unpaired) electrons. The molecule has 5 nitrogen and oxygen atoms in total. The number of hydrogen-bond acceptors (Lipinski definition) is 3. The minimum atomic E-state index is -0.384. The van der Waals surface area contributed by atoms with Gasteiger partial charge >= 0.3 is 0 Å². The van der Waals surface area contributed by atoms with Crippen molar-refractivity contribution in [1.29, 1.82) is 0 Å². The zero-order valence-corrected chi connectivity index (χ0v) is 12.3. The van der Waals surface area contributed by atoms with Crippen LogP contribution < -0.4 is 10.6 Å². The Labute approximate surface area is 131 Å². The predicted molar refractivity (Wildman–Crippen MR) is 81.7 cm³/mol. The highest BCUT2D eigenvalue weighted by molar-refractivity contribution is 6.35. The summed E-state index contributed by atoms with van der Waals surface area (Å²) < 4.78 is 0. The molecule has 21 heavy (non-hydrogen) atoms. The molecule has 0 bridgehead atoms. The summed E-state index contributed by atoms with van der Waals surface area (Å²) in [5, 5.41) is 5.91. The fourth-order valence-electron chi connectivity index (χ4n) is 1.59. The van der Waals surface area contributed by atoms with Crippen molar-refractivity contribution in [2.75, 3.05) is 11.9 Å². The van der Waals surface area contributed by atoms with Gasteiger partial charge in [0.25, 0.3) is 5.91 Å². The molecule has 2 amide bonds. The van der Waals surface area contributed by atoms with E-state index in [2.05, 4.69) is 15.6 Å². The van der Waals surface area contributed by atoms with Crippen molar-refractivity contribution < 1.29 is 9.59 Å². The first-order chi connectivity index (χ1) is 10.0. The fourth-order valence-corrected chi connectivity index (χ4v) is 2.12. The van der Waals surface area contributed by atoms with Crippen LogP contribution in [0.3, 0.4) is 0 Å². The van der Waals surface area contributed by atoms with Crippen molar-refractivity contribution in [1.82, 2.24) is 10.3 Å². The van der Waals surface area contributed by atoms with E-state index in [1.54, 1.807) is 36.5 Å². The molecule has 0 spiro atoms. The molecule has 0 fully saturated rings. The van der Waals surface area contributed by atoms with Crippen LogP contribution in [0.5, 0.6) is 0 Å². The summed E-state index contributed by atoms with van der Waals surface area (Å²) in [6.45, 7) is -0.169. The molecule has 0 unspecified atom stereocenters. The van der Waals surface area contributed by atoms with Crippen molar-refractivity contribution in [3.8, 4) is 0 Å². The zero-order valence-electron chi connectivity index (χ0n) is 10.8. The quantitative estimate of drug-likeness (QED) is 0.908. The van der Waals surface area contributed by atoms with Gasteiger partial charge in [-0.3, -0.25) is 14.6 Å². The lowest BCUT2D eigenvalue weighted by Crippen LogP contribution is -2.32. The van der Waals surface area contributed by atoms with Gasteiger partial charge < -0.3 is 10.6 Å². The summed E-state index contributed by atoms with van der Waals surface area (Å²) in [6, 6.07) is 7.94. The van der Waals surface area contributed by atoms with Crippen LogP contribution in [-0.4, -0.2) is 23.3 Å². The molecule has 2 rings (SSSR count). The third kappa shape index (κ3) is 4.73. The summed E-state index contributed by atoms with van der Waals surface area (Å²) in [6.07, 6.45) is 2.98. The molecule has 0 atom stereocenters. The Bertz CT molecular complexity index is 642. The van der Waals surface area contributed by atoms with E-state index < -0.39 is 0 Å². The lowest BCUT2D eigenvalue weighted by atomic mass is 10.2. The predicted octanol–water partition coefficient (Wildman–Crippen LogP) is 2.76. The fraction of sp³-hybridized carbons (Fsp3) is 0.0714. The average molecular weight is 324 g/mol. The highest BCUT2D eigenvalue weighted by Crippen LogP contribution is 2.22. The van der Waals surface area contributed by atoms with Crippen LogP contribution in [0.25, 0.3) is 0 Å². The van der Waals surface area contributed by atoms with E-state index in [0.29, 0.717) is 21.3 Å². The largest absolute Gasteiger partial charge is 0.343 e. The molecule has 0 aliphatic heterocycles. The smallest absolute Gasteiger partial charge is 0.253 e. The third-order valence-corrected chi connectivity index (χ3v) is 2.92. The van der Waals surface area contributed by atoms with Gasteiger partial charge in [0.1, 0.15) is 0 Å². The molecule has 0 saturated carbocycles. The molecule has 0 saturated heterocycles. The molecule has 1 aromatic carbocycles. The molecule has 2 N–H and O–H groups in total. The minimum absolute atomic E-state index is 0.169. The number of amides is 2. The van der Waals surface area contributed by atoms with Gasteiger partial charge in [-0.25, -0.2) is 0 Å². The van der Waals surface area contributed by atoms with Gasteiger partial charge in [0.2, 0.25) is 5.91 Å². The Morgan fingerprint density at radius 2 is 1.86 bits per heavy atom. The number of aromatic nitrogens is 1. The topological polar surface area (TPSA) is 71.1 Å². The Morgan fingerprint density at radius 1 is 1.14 bits per heavy atom. The van der Waals surface area contributed by atoms with Gasteiger partial charge in [0.05, 0.1) is 12.1 Å². The van der Waals surface area contributed by atoms with E-state index in [1.807, 2.05) is 0 Å². The van der Waals surface area contributed by atoms with Crippen LogP contribution in [0.2, 0.25) is 10.0 Å². The Balaban J connectivity index is 1.89. The normalized spacial score (nSPS) is 10.0. The van der Waals surface area contributed by atoms with Crippen LogP contribution in [0.1, 0.15) is 10.4 Å². The van der Waals surface area contributed by atoms with Crippen LogP contribution >= 0.6 is 23.2 Å². The number of carbonyl (C=O) groups excluding carboxylic acids is 2.